The summed E-state index contributed by atoms with van der Waals surface area (Å²) >= 11 is 0. The van der Waals surface area contributed by atoms with Gasteiger partial charge in [0.1, 0.15) is 5.60 Å². The molecule has 0 saturated heterocycles. The van der Waals surface area contributed by atoms with E-state index in [-0.39, 0.29) is 22.3 Å². The minimum Gasteiger partial charge on any atom is -0.386 e. The monoisotopic (exact) mass is 338 g/mol. The average molecular weight is 338 g/mol. The van der Waals surface area contributed by atoms with Gasteiger partial charge in [-0.2, -0.15) is 0 Å². The predicted molar refractivity (Wildman–Crippen MR) is 81.0 cm³/mol. The first-order valence-corrected chi connectivity index (χ1v) is 7.33. The van der Waals surface area contributed by atoms with E-state index in [4.69, 9.17) is 0 Å². The topological polar surface area (TPSA) is 107 Å². The van der Waals surface area contributed by atoms with Crippen LogP contribution in [-0.2, 0) is 15.1 Å². The number of hydrogen-bond donors (Lipinski definition) is 1. The third kappa shape index (κ3) is 2.10. The van der Waals surface area contributed by atoms with Crippen molar-refractivity contribution < 1.29 is 33.8 Å². The van der Waals surface area contributed by atoms with E-state index < -0.39 is 29.5 Å². The van der Waals surface area contributed by atoms with E-state index in [1.807, 2.05) is 0 Å². The molecule has 0 bridgehead atoms. The van der Waals surface area contributed by atoms with Gasteiger partial charge in [0.05, 0.1) is 22.3 Å². The van der Waals surface area contributed by atoms with Gasteiger partial charge >= 0.3 is 23.9 Å². The predicted octanol–water partition coefficient (Wildman–Crippen LogP) is 1.56. The highest BCUT2D eigenvalue weighted by Crippen LogP contribution is 2.34. The number of cyclic esters (lactones) is 4. The second-order valence-corrected chi connectivity index (χ2v) is 5.95. The number of carbonyl (C=O) groups is 4. The second kappa shape index (κ2) is 4.84. The molecule has 2 aliphatic heterocycles. The summed E-state index contributed by atoms with van der Waals surface area (Å²) in [6, 6.07) is 8.54. The maximum atomic E-state index is 11.7. The van der Waals surface area contributed by atoms with Crippen LogP contribution in [0, 0.1) is 0 Å². The standard InChI is InChI=1S/C18H10O7/c1-18(23,8-2-4-10-12(6-8)16(21)24-14(10)19)9-3-5-11-13(7-9)17(22)25-15(11)20/h2-7,23H,1H3. The third-order valence-electron chi connectivity index (χ3n) is 4.41. The molecule has 7 nitrogen and oxygen atoms in total. The Hall–Kier alpha value is -3.32. The van der Waals surface area contributed by atoms with Gasteiger partial charge in [-0.15, -0.1) is 0 Å². The number of esters is 4. The molecule has 0 unspecified atom stereocenters. The highest BCUT2D eigenvalue weighted by Gasteiger charge is 2.36. The van der Waals surface area contributed by atoms with Crippen molar-refractivity contribution in [2.45, 2.75) is 12.5 Å². The summed E-state index contributed by atoms with van der Waals surface area (Å²) in [5, 5.41) is 10.9. The van der Waals surface area contributed by atoms with Crippen LogP contribution in [0.4, 0.5) is 0 Å². The summed E-state index contributed by atoms with van der Waals surface area (Å²) in [7, 11) is 0. The van der Waals surface area contributed by atoms with Crippen LogP contribution in [-0.4, -0.2) is 29.0 Å². The van der Waals surface area contributed by atoms with E-state index >= 15 is 0 Å². The fourth-order valence-electron chi connectivity index (χ4n) is 2.94. The molecule has 0 amide bonds. The van der Waals surface area contributed by atoms with E-state index in [0.29, 0.717) is 11.1 Å². The zero-order valence-electron chi connectivity index (χ0n) is 12.9. The maximum Gasteiger partial charge on any atom is 0.346 e. The minimum atomic E-state index is -1.58. The van der Waals surface area contributed by atoms with Gasteiger partial charge in [-0.25, -0.2) is 19.2 Å². The summed E-state index contributed by atoms with van der Waals surface area (Å²) in [6.07, 6.45) is 0. The lowest BCUT2D eigenvalue weighted by Crippen LogP contribution is -2.23. The Morgan fingerprint density at radius 1 is 0.680 bits per heavy atom. The quantitative estimate of drug-likeness (QED) is 0.654. The maximum absolute atomic E-state index is 11.7. The van der Waals surface area contributed by atoms with Gasteiger partial charge in [-0.3, -0.25) is 0 Å². The number of ether oxygens (including phenoxy) is 2. The normalized spacial score (nSPS) is 15.8. The number of rotatable bonds is 2. The summed E-state index contributed by atoms with van der Waals surface area (Å²) in [6.45, 7) is 1.47. The average Bonchev–Trinajstić information content (AvgIpc) is 3.03. The SMILES string of the molecule is CC(O)(c1ccc2c(c1)C(=O)OC2=O)c1ccc2c(c1)C(=O)OC2=O. The lowest BCUT2D eigenvalue weighted by Gasteiger charge is -2.25. The zero-order valence-corrected chi connectivity index (χ0v) is 12.9. The summed E-state index contributed by atoms with van der Waals surface area (Å²) in [5.74, 6) is -3.02. The van der Waals surface area contributed by atoms with Crippen LogP contribution in [0.1, 0.15) is 59.5 Å². The molecule has 1 N–H and O–H groups in total. The minimum absolute atomic E-state index is 0.0681. The second-order valence-electron chi connectivity index (χ2n) is 5.95. The smallest absolute Gasteiger partial charge is 0.346 e. The first-order chi connectivity index (χ1) is 11.8. The highest BCUT2D eigenvalue weighted by molar-refractivity contribution is 6.15. The molecule has 0 aliphatic carbocycles. The van der Waals surface area contributed by atoms with Gasteiger partial charge < -0.3 is 14.6 Å². The number of hydrogen-bond acceptors (Lipinski definition) is 7. The van der Waals surface area contributed by atoms with E-state index in [9.17, 15) is 24.3 Å². The van der Waals surface area contributed by atoms with Crippen molar-refractivity contribution in [2.24, 2.45) is 0 Å². The van der Waals surface area contributed by atoms with Crippen molar-refractivity contribution in [1.29, 1.82) is 0 Å². The fourth-order valence-corrected chi connectivity index (χ4v) is 2.94. The Morgan fingerprint density at radius 2 is 1.04 bits per heavy atom. The Kier molecular flexibility index (Phi) is 2.95. The molecule has 25 heavy (non-hydrogen) atoms. The van der Waals surface area contributed by atoms with Crippen molar-refractivity contribution in [3.8, 4) is 0 Å². The van der Waals surface area contributed by atoms with Gasteiger partial charge in [0.15, 0.2) is 0 Å². The van der Waals surface area contributed by atoms with Crippen molar-refractivity contribution in [3.05, 3.63) is 69.8 Å². The van der Waals surface area contributed by atoms with Crippen LogP contribution < -0.4 is 0 Å². The van der Waals surface area contributed by atoms with Crippen LogP contribution in [0.15, 0.2) is 36.4 Å². The molecule has 124 valence electrons. The molecule has 4 rings (SSSR count). The van der Waals surface area contributed by atoms with Gasteiger partial charge in [0, 0.05) is 0 Å². The van der Waals surface area contributed by atoms with Crippen molar-refractivity contribution >= 4 is 23.9 Å². The highest BCUT2D eigenvalue weighted by atomic mass is 16.6. The van der Waals surface area contributed by atoms with Gasteiger partial charge in [-0.1, -0.05) is 12.1 Å². The number of benzene rings is 2. The molecular formula is C18H10O7. The summed E-state index contributed by atoms with van der Waals surface area (Å²) in [4.78, 5) is 46.4. The first kappa shape index (κ1) is 15.2. The first-order valence-electron chi connectivity index (χ1n) is 7.33. The van der Waals surface area contributed by atoms with Crippen LogP contribution in [0.3, 0.4) is 0 Å². The molecule has 2 aliphatic rings. The number of fused-ring (bicyclic) bond motifs is 2. The molecule has 2 aromatic carbocycles. The number of carbonyl (C=O) groups excluding carboxylic acids is 4. The largest absolute Gasteiger partial charge is 0.386 e. The summed E-state index contributed by atoms with van der Waals surface area (Å²) in [5.41, 5.74) is -0.523. The molecule has 0 aromatic heterocycles. The zero-order chi connectivity index (χ0) is 17.9. The van der Waals surface area contributed by atoms with Gasteiger partial charge in [0.2, 0.25) is 0 Å². The van der Waals surface area contributed by atoms with E-state index in [1.54, 1.807) is 0 Å². The molecule has 0 fully saturated rings. The molecule has 0 radical (unpaired) electrons. The summed E-state index contributed by atoms with van der Waals surface area (Å²) < 4.78 is 9.07. The number of aliphatic hydroxyl groups is 1. The molecule has 0 spiro atoms. The Balaban J connectivity index is 1.81. The van der Waals surface area contributed by atoms with Gasteiger partial charge in [-0.05, 0) is 42.3 Å². The molecule has 0 atom stereocenters. The Morgan fingerprint density at radius 3 is 1.44 bits per heavy atom. The lowest BCUT2D eigenvalue weighted by molar-refractivity contribution is 0.0425. The van der Waals surface area contributed by atoms with Crippen molar-refractivity contribution in [3.63, 3.8) is 0 Å². The molecular weight excluding hydrogens is 328 g/mol. The molecule has 7 heteroatoms. The van der Waals surface area contributed by atoms with Crippen LogP contribution in [0.25, 0.3) is 0 Å². The van der Waals surface area contributed by atoms with Gasteiger partial charge in [0.25, 0.3) is 0 Å². The molecule has 0 saturated carbocycles. The van der Waals surface area contributed by atoms with E-state index in [0.717, 1.165) is 0 Å². The van der Waals surface area contributed by atoms with Crippen LogP contribution >= 0.6 is 0 Å². The van der Waals surface area contributed by atoms with E-state index in [1.165, 1.54) is 43.3 Å². The van der Waals surface area contributed by atoms with Crippen molar-refractivity contribution in [2.75, 3.05) is 0 Å². The lowest BCUT2D eigenvalue weighted by atomic mass is 9.85. The fraction of sp³-hybridized carbons (Fsp3) is 0.111. The molecule has 2 heterocycles. The Bertz CT molecular complexity index is 921. The van der Waals surface area contributed by atoms with E-state index in [2.05, 4.69) is 9.47 Å². The van der Waals surface area contributed by atoms with Crippen LogP contribution in [0.5, 0.6) is 0 Å². The van der Waals surface area contributed by atoms with Crippen molar-refractivity contribution in [1.82, 2.24) is 0 Å². The third-order valence-corrected chi connectivity index (χ3v) is 4.41. The molecule has 2 aromatic rings. The van der Waals surface area contributed by atoms with Crippen LogP contribution in [0.2, 0.25) is 0 Å². The Labute approximate surface area is 140 Å².